The lowest BCUT2D eigenvalue weighted by Gasteiger charge is -2.27. The highest BCUT2D eigenvalue weighted by Crippen LogP contribution is 2.37. The van der Waals surface area contributed by atoms with Gasteiger partial charge in [-0.2, -0.15) is 0 Å². The number of benzene rings is 6. The third-order valence-electron chi connectivity index (χ3n) is 13.8. The van der Waals surface area contributed by atoms with Gasteiger partial charge in [0.05, 0.1) is 26.4 Å². The predicted molar refractivity (Wildman–Crippen MR) is 285 cm³/mol. The highest BCUT2D eigenvalue weighted by molar-refractivity contribution is 5.80. The minimum atomic E-state index is -0.122. The summed E-state index contributed by atoms with van der Waals surface area (Å²) in [5.74, 6) is 0. The zero-order valence-electron chi connectivity index (χ0n) is 41.6. The largest absolute Gasteiger partial charge is 0.353 e. The molecule has 0 aliphatic carbocycles. The molecular formula is C62H70N2O8. The molecule has 0 saturated carbocycles. The summed E-state index contributed by atoms with van der Waals surface area (Å²) < 4.78 is 47.7. The van der Waals surface area contributed by atoms with Crippen molar-refractivity contribution >= 4 is 46.3 Å². The summed E-state index contributed by atoms with van der Waals surface area (Å²) in [6.45, 7) is 5.18. The van der Waals surface area contributed by atoms with Gasteiger partial charge in [-0.05, 0) is 183 Å². The molecule has 4 fully saturated rings. The predicted octanol–water partition coefficient (Wildman–Crippen LogP) is 15.0. The van der Waals surface area contributed by atoms with Gasteiger partial charge in [-0.3, -0.25) is 0 Å². The summed E-state index contributed by atoms with van der Waals surface area (Å²) in [5.41, 5.74) is 13.1. The lowest BCUT2D eigenvalue weighted by molar-refractivity contribution is -0.169. The van der Waals surface area contributed by atoms with Gasteiger partial charge < -0.3 is 47.7 Å². The van der Waals surface area contributed by atoms with Gasteiger partial charge in [-0.1, -0.05) is 84.9 Å². The number of ether oxygens (including phenoxy) is 8. The van der Waals surface area contributed by atoms with Crippen LogP contribution in [0.3, 0.4) is 0 Å². The monoisotopic (exact) mass is 971 g/mol. The maximum atomic E-state index is 6.11. The van der Waals surface area contributed by atoms with Gasteiger partial charge >= 0.3 is 0 Å². The number of anilines is 6. The minimum absolute atomic E-state index is 0.122. The zero-order chi connectivity index (χ0) is 48.6. The lowest BCUT2D eigenvalue weighted by atomic mass is 10.1. The van der Waals surface area contributed by atoms with Crippen LogP contribution < -0.4 is 9.80 Å². The first kappa shape index (κ1) is 49.9. The van der Waals surface area contributed by atoms with Crippen molar-refractivity contribution in [2.24, 2.45) is 0 Å². The van der Waals surface area contributed by atoms with Gasteiger partial charge in [0.1, 0.15) is 0 Å². The Morgan fingerprint density at radius 1 is 0.306 bits per heavy atom. The van der Waals surface area contributed by atoms with Crippen LogP contribution in [0, 0.1) is 0 Å². The van der Waals surface area contributed by atoms with Gasteiger partial charge in [-0.25, -0.2) is 0 Å². The molecule has 6 aromatic rings. The van der Waals surface area contributed by atoms with Crippen molar-refractivity contribution in [1.82, 2.24) is 0 Å². The number of rotatable bonds is 20. The topological polar surface area (TPSA) is 80.3 Å². The van der Waals surface area contributed by atoms with Crippen LogP contribution in [-0.4, -0.2) is 51.6 Å². The normalized spacial score (nSPS) is 20.6. The number of hydrogen-bond acceptors (Lipinski definition) is 10. The van der Waals surface area contributed by atoms with Crippen LogP contribution in [0.15, 0.2) is 146 Å². The zero-order valence-corrected chi connectivity index (χ0v) is 41.6. The van der Waals surface area contributed by atoms with Crippen molar-refractivity contribution in [1.29, 1.82) is 0 Å². The Morgan fingerprint density at radius 2 is 0.528 bits per heavy atom. The summed E-state index contributed by atoms with van der Waals surface area (Å²) in [6.07, 6.45) is 16.7. The second kappa shape index (κ2) is 25.8. The first-order chi connectivity index (χ1) is 35.6. The molecule has 4 unspecified atom stereocenters. The van der Waals surface area contributed by atoms with Crippen LogP contribution in [0.25, 0.3) is 12.2 Å². The van der Waals surface area contributed by atoms with E-state index in [2.05, 4.69) is 168 Å². The molecule has 0 radical (unpaired) electrons. The van der Waals surface area contributed by atoms with Gasteiger partial charge in [-0.15, -0.1) is 0 Å². The Morgan fingerprint density at radius 3 is 0.736 bits per heavy atom. The van der Waals surface area contributed by atoms with Crippen molar-refractivity contribution in [3.05, 3.63) is 179 Å². The summed E-state index contributed by atoms with van der Waals surface area (Å²) in [5, 5.41) is 0. The molecule has 4 atom stereocenters. The summed E-state index contributed by atoms with van der Waals surface area (Å²) in [4.78, 5) is 4.59. The highest BCUT2D eigenvalue weighted by Gasteiger charge is 2.20. The van der Waals surface area contributed by atoms with Crippen LogP contribution in [-0.2, 0) is 64.3 Å². The van der Waals surface area contributed by atoms with E-state index in [9.17, 15) is 0 Å². The molecule has 4 aliphatic rings. The van der Waals surface area contributed by atoms with E-state index in [0.29, 0.717) is 26.4 Å². The van der Waals surface area contributed by atoms with Gasteiger partial charge in [0, 0.05) is 60.6 Å². The van der Waals surface area contributed by atoms with Crippen LogP contribution in [0.5, 0.6) is 0 Å². The molecule has 0 amide bonds. The van der Waals surface area contributed by atoms with Crippen molar-refractivity contribution in [3.63, 3.8) is 0 Å². The Labute approximate surface area is 426 Å². The maximum absolute atomic E-state index is 6.11. The number of nitrogens with zero attached hydrogens (tertiary/aromatic N) is 2. The van der Waals surface area contributed by atoms with Crippen LogP contribution in [0.4, 0.5) is 34.1 Å². The fourth-order valence-corrected chi connectivity index (χ4v) is 9.65. The van der Waals surface area contributed by atoms with Crippen molar-refractivity contribution < 1.29 is 37.9 Å². The molecule has 6 aromatic carbocycles. The minimum Gasteiger partial charge on any atom is -0.353 e. The molecule has 0 aromatic heterocycles. The smallest absolute Gasteiger partial charge is 0.158 e. The molecule has 0 N–H and O–H groups in total. The highest BCUT2D eigenvalue weighted by atomic mass is 16.7. The molecule has 4 saturated heterocycles. The van der Waals surface area contributed by atoms with E-state index in [-0.39, 0.29) is 25.2 Å². The van der Waals surface area contributed by atoms with Crippen molar-refractivity contribution in [3.8, 4) is 0 Å². The lowest BCUT2D eigenvalue weighted by Crippen LogP contribution is -2.22. The van der Waals surface area contributed by atoms with E-state index < -0.39 is 0 Å². The van der Waals surface area contributed by atoms with Crippen LogP contribution >= 0.6 is 0 Å². The first-order valence-electron chi connectivity index (χ1n) is 26.4. The maximum Gasteiger partial charge on any atom is 0.158 e. The molecule has 10 rings (SSSR count). The van der Waals surface area contributed by atoms with Gasteiger partial charge in [0.15, 0.2) is 25.2 Å². The summed E-state index contributed by atoms with van der Waals surface area (Å²) >= 11 is 0. The molecular weight excluding hydrogens is 901 g/mol. The van der Waals surface area contributed by atoms with Crippen molar-refractivity contribution in [2.75, 3.05) is 36.2 Å². The fourth-order valence-electron chi connectivity index (χ4n) is 9.65. The Hall–Kier alpha value is -5.66. The molecule has 10 heteroatoms. The van der Waals surface area contributed by atoms with Gasteiger partial charge in [0.2, 0.25) is 0 Å². The second-order valence-corrected chi connectivity index (χ2v) is 19.3. The first-order valence-corrected chi connectivity index (χ1v) is 26.4. The summed E-state index contributed by atoms with van der Waals surface area (Å²) in [7, 11) is 0. The third-order valence-corrected chi connectivity index (χ3v) is 13.8. The van der Waals surface area contributed by atoms with Crippen LogP contribution in [0.1, 0.15) is 110 Å². The van der Waals surface area contributed by atoms with E-state index in [1.54, 1.807) is 0 Å². The van der Waals surface area contributed by atoms with E-state index >= 15 is 0 Å². The average Bonchev–Trinajstić information content (AvgIpc) is 3.45. The third kappa shape index (κ3) is 14.1. The van der Waals surface area contributed by atoms with E-state index in [1.807, 2.05) is 0 Å². The van der Waals surface area contributed by atoms with Crippen molar-refractivity contribution in [2.45, 2.75) is 129 Å². The van der Waals surface area contributed by atoms with Gasteiger partial charge in [0.25, 0.3) is 0 Å². The molecule has 376 valence electrons. The van der Waals surface area contributed by atoms with E-state index in [0.717, 1.165) is 171 Å². The average molecular weight is 971 g/mol. The molecule has 0 spiro atoms. The fraction of sp³-hybridized carbons (Fsp3) is 0.387. The Balaban J connectivity index is 0.836. The molecule has 72 heavy (non-hydrogen) atoms. The van der Waals surface area contributed by atoms with E-state index in [1.165, 1.54) is 0 Å². The summed E-state index contributed by atoms with van der Waals surface area (Å²) in [6, 6.07) is 52.1. The molecule has 10 nitrogen and oxygen atoms in total. The molecule has 0 bridgehead atoms. The standard InChI is InChI=1S/C62H70N2O8/c1-5-39-65-59(9-1)69-43-49-19-31-55(32-20-49)63(56-33-21-50(22-34-56)44-70-60-10-2-6-40-66-60)53-27-15-47(16-28-53)13-14-48-17-29-54(30-18-48)64(57-35-23-51(24-36-57)45-71-61-11-3-7-41-67-61)58-37-25-52(26-38-58)46-72-62-12-4-8-42-68-62/h13-38,59-62H,1-12,39-46H2. The second-order valence-electron chi connectivity index (χ2n) is 19.3. The SMILES string of the molecule is C(=Cc1ccc(N(c2ccc(COC3CCCCO3)cc2)c2ccc(COC3CCCCO3)cc2)cc1)c1ccc(N(c2ccc(COC3CCCCO3)cc2)c2ccc(COC3CCCCO3)cc2)cc1. The molecule has 4 heterocycles. The van der Waals surface area contributed by atoms with E-state index in [4.69, 9.17) is 37.9 Å². The Bertz CT molecular complexity index is 2230. The quantitative estimate of drug-likeness (QED) is 0.0690. The Kier molecular flexibility index (Phi) is 17.9. The molecule has 4 aliphatic heterocycles. The van der Waals surface area contributed by atoms with Crippen LogP contribution in [0.2, 0.25) is 0 Å². The number of hydrogen-bond donors (Lipinski definition) is 0.